The van der Waals surface area contributed by atoms with Crippen LogP contribution >= 0.6 is 0 Å². The van der Waals surface area contributed by atoms with Gasteiger partial charge in [-0.2, -0.15) is 0 Å². The summed E-state index contributed by atoms with van der Waals surface area (Å²) >= 11 is 0. The summed E-state index contributed by atoms with van der Waals surface area (Å²) in [5.41, 5.74) is 4.36. The maximum atomic E-state index is 5.34. The topological polar surface area (TPSA) is 0 Å². The van der Waals surface area contributed by atoms with Crippen molar-refractivity contribution in [3.63, 3.8) is 0 Å². The molecule has 0 aliphatic rings. The Balaban J connectivity index is 2.64. The third-order valence-electron chi connectivity index (χ3n) is 4.22. The fraction of sp³-hybridized carbons (Fsp3) is 0.500. The van der Waals surface area contributed by atoms with Crippen molar-refractivity contribution in [2.75, 3.05) is 0 Å². The van der Waals surface area contributed by atoms with Gasteiger partial charge in [0.1, 0.15) is 0 Å². The average molecular weight is 319 g/mol. The highest BCUT2D eigenvalue weighted by Crippen LogP contribution is 2.18. The monoisotopic (exact) mass is 318 g/mol. The van der Waals surface area contributed by atoms with Crippen molar-refractivity contribution in [1.29, 1.82) is 0 Å². The fourth-order valence-corrected chi connectivity index (χ4v) is 2.94. The van der Waals surface area contributed by atoms with E-state index in [1.54, 1.807) is 0 Å². The zero-order valence-corrected chi connectivity index (χ0v) is 14.9. The van der Waals surface area contributed by atoms with Gasteiger partial charge >= 0.3 is 0 Å². The van der Waals surface area contributed by atoms with Crippen molar-refractivity contribution in [2.24, 2.45) is 0 Å². The van der Waals surface area contributed by atoms with Crippen LogP contribution in [-0.2, 0) is 19.3 Å². The maximum Gasteiger partial charge on any atom is 0.00861 e. The lowest BCUT2D eigenvalue weighted by molar-refractivity contribution is 0.733. The normalized spacial score (nSPS) is 9.88. The van der Waals surface area contributed by atoms with Crippen LogP contribution in [0.15, 0.2) is 18.2 Å². The highest BCUT2D eigenvalue weighted by Gasteiger charge is 2.03. The molecule has 24 heavy (non-hydrogen) atoms. The van der Waals surface area contributed by atoms with Gasteiger partial charge in [0.15, 0.2) is 0 Å². The van der Waals surface area contributed by atoms with Crippen molar-refractivity contribution >= 4 is 0 Å². The zero-order chi connectivity index (χ0) is 17.5. The molecule has 0 heteroatoms. The van der Waals surface area contributed by atoms with Gasteiger partial charge in [0.05, 0.1) is 0 Å². The number of rotatable bonds is 12. The lowest BCUT2D eigenvalue weighted by Gasteiger charge is -2.10. The van der Waals surface area contributed by atoms with Crippen LogP contribution in [0, 0.1) is 37.0 Å². The summed E-state index contributed by atoms with van der Waals surface area (Å²) in [6, 6.07) is 7.12. The van der Waals surface area contributed by atoms with Gasteiger partial charge in [-0.1, -0.05) is 18.2 Å². The van der Waals surface area contributed by atoms with Gasteiger partial charge in [0.25, 0.3) is 0 Å². The van der Waals surface area contributed by atoms with Crippen molar-refractivity contribution in [3.05, 3.63) is 34.9 Å². The Kier molecular flexibility index (Phi) is 11.1. The molecule has 0 amide bonds. The molecule has 0 saturated carbocycles. The molecule has 126 valence electrons. The highest BCUT2D eigenvalue weighted by atomic mass is 14.1. The first-order valence-electron chi connectivity index (χ1n) is 9.22. The number of unbranched alkanes of at least 4 members (excludes halogenated alkanes) is 6. The minimum absolute atomic E-state index is 0.880. The molecular formula is C24H30. The van der Waals surface area contributed by atoms with Gasteiger partial charge in [0, 0.05) is 19.3 Å². The number of hydrogen-bond donors (Lipinski definition) is 0. The van der Waals surface area contributed by atoms with E-state index in [4.69, 9.17) is 19.3 Å². The van der Waals surface area contributed by atoms with E-state index in [-0.39, 0.29) is 0 Å². The van der Waals surface area contributed by atoms with Crippen molar-refractivity contribution < 1.29 is 0 Å². The minimum atomic E-state index is 0.880. The molecule has 0 heterocycles. The van der Waals surface area contributed by atoms with Crippen molar-refractivity contribution in [1.82, 2.24) is 0 Å². The van der Waals surface area contributed by atoms with E-state index in [1.807, 2.05) is 0 Å². The Labute approximate surface area is 149 Å². The van der Waals surface area contributed by atoms with Crippen LogP contribution in [0.4, 0.5) is 0 Å². The molecule has 0 unspecified atom stereocenters. The molecule has 1 aromatic carbocycles. The summed E-state index contributed by atoms with van der Waals surface area (Å²) < 4.78 is 0. The van der Waals surface area contributed by atoms with Gasteiger partial charge in [-0.05, 0) is 74.5 Å². The second kappa shape index (κ2) is 13.3. The third kappa shape index (κ3) is 9.13. The summed E-state index contributed by atoms with van der Waals surface area (Å²) in [7, 11) is 0. The maximum absolute atomic E-state index is 5.34. The molecule has 0 spiro atoms. The van der Waals surface area contributed by atoms with E-state index in [1.165, 1.54) is 36.0 Å². The van der Waals surface area contributed by atoms with E-state index >= 15 is 0 Å². The standard InChI is InChI=1S/C24H30/c1-4-7-10-13-16-22-19-23(17-14-11-8-5-2)21-24(20-22)18-15-12-9-6-3/h1-3,19-21H,7-18H2. The van der Waals surface area contributed by atoms with Crippen molar-refractivity contribution in [3.8, 4) is 37.0 Å². The average Bonchev–Trinajstić information content (AvgIpc) is 2.59. The molecular weight excluding hydrogens is 288 g/mol. The summed E-state index contributed by atoms with van der Waals surface area (Å²) in [5.74, 6) is 8.17. The van der Waals surface area contributed by atoms with E-state index in [0.29, 0.717) is 0 Å². The molecule has 0 saturated heterocycles. The molecule has 0 N–H and O–H groups in total. The highest BCUT2D eigenvalue weighted by molar-refractivity contribution is 5.31. The Bertz CT molecular complexity index is 488. The first-order chi connectivity index (χ1) is 11.8. The Morgan fingerprint density at radius 2 is 0.792 bits per heavy atom. The number of terminal acetylenes is 3. The largest absolute Gasteiger partial charge is 0.120 e. The van der Waals surface area contributed by atoms with Gasteiger partial charge in [-0.25, -0.2) is 0 Å². The predicted molar refractivity (Wildman–Crippen MR) is 106 cm³/mol. The lowest BCUT2D eigenvalue weighted by atomic mass is 9.95. The van der Waals surface area contributed by atoms with E-state index in [9.17, 15) is 0 Å². The Hall–Kier alpha value is -2.10. The van der Waals surface area contributed by atoms with Crippen LogP contribution < -0.4 is 0 Å². The molecule has 0 fully saturated rings. The van der Waals surface area contributed by atoms with E-state index < -0.39 is 0 Å². The number of hydrogen-bond acceptors (Lipinski definition) is 0. The smallest absolute Gasteiger partial charge is 0.00861 e. The molecule has 0 atom stereocenters. The van der Waals surface area contributed by atoms with Crippen molar-refractivity contribution in [2.45, 2.75) is 77.0 Å². The molecule has 0 bridgehead atoms. The van der Waals surface area contributed by atoms with Gasteiger partial charge in [-0.3, -0.25) is 0 Å². The summed E-state index contributed by atoms with van der Waals surface area (Å²) in [6.07, 6.45) is 28.9. The molecule has 0 nitrogen and oxygen atoms in total. The second-order valence-electron chi connectivity index (χ2n) is 6.39. The molecule has 0 aliphatic carbocycles. The Morgan fingerprint density at radius 1 is 0.500 bits per heavy atom. The minimum Gasteiger partial charge on any atom is -0.120 e. The first kappa shape index (κ1) is 19.9. The Morgan fingerprint density at radius 3 is 1.04 bits per heavy atom. The van der Waals surface area contributed by atoms with Crippen LogP contribution in [0.25, 0.3) is 0 Å². The summed E-state index contributed by atoms with van der Waals surface area (Å²) in [5, 5.41) is 0. The zero-order valence-electron chi connectivity index (χ0n) is 14.9. The van der Waals surface area contributed by atoms with Crippen LogP contribution in [0.5, 0.6) is 0 Å². The summed E-state index contributed by atoms with van der Waals surface area (Å²) in [6.45, 7) is 0. The van der Waals surface area contributed by atoms with Gasteiger partial charge in [-0.15, -0.1) is 37.0 Å². The number of aryl methyl sites for hydroxylation is 3. The first-order valence-corrected chi connectivity index (χ1v) is 9.22. The quantitative estimate of drug-likeness (QED) is 0.341. The molecule has 0 aromatic heterocycles. The van der Waals surface area contributed by atoms with Crippen LogP contribution in [-0.4, -0.2) is 0 Å². The van der Waals surface area contributed by atoms with E-state index in [0.717, 1.165) is 57.8 Å². The fourth-order valence-electron chi connectivity index (χ4n) is 2.94. The molecule has 0 aliphatic heterocycles. The van der Waals surface area contributed by atoms with Gasteiger partial charge < -0.3 is 0 Å². The van der Waals surface area contributed by atoms with Gasteiger partial charge in [0.2, 0.25) is 0 Å². The predicted octanol–water partition coefficient (Wildman–Crippen LogP) is 5.72. The lowest BCUT2D eigenvalue weighted by Crippen LogP contribution is -1.96. The SMILES string of the molecule is C#CCCCCc1cc(CCCCC#C)cc(CCCCC#C)c1. The van der Waals surface area contributed by atoms with E-state index in [2.05, 4.69) is 36.0 Å². The van der Waals surface area contributed by atoms with Crippen LogP contribution in [0.3, 0.4) is 0 Å². The third-order valence-corrected chi connectivity index (χ3v) is 4.22. The number of benzene rings is 1. The molecule has 0 radical (unpaired) electrons. The molecule has 1 aromatic rings. The van der Waals surface area contributed by atoms with Crippen LogP contribution in [0.2, 0.25) is 0 Å². The van der Waals surface area contributed by atoms with Crippen LogP contribution in [0.1, 0.15) is 74.5 Å². The summed E-state index contributed by atoms with van der Waals surface area (Å²) in [4.78, 5) is 0. The second-order valence-corrected chi connectivity index (χ2v) is 6.39. The molecule has 1 rings (SSSR count).